The van der Waals surface area contributed by atoms with Crippen molar-refractivity contribution in [3.8, 4) is 0 Å². The quantitative estimate of drug-likeness (QED) is 0.372. The van der Waals surface area contributed by atoms with Crippen LogP contribution in [0.2, 0.25) is 0 Å². The van der Waals surface area contributed by atoms with Crippen LogP contribution in [0.5, 0.6) is 0 Å². The number of benzene rings is 3. The fraction of sp³-hybridized carbons (Fsp3) is 0.174. The third kappa shape index (κ3) is 4.80. The third-order valence-electron chi connectivity index (χ3n) is 4.76. The van der Waals surface area contributed by atoms with Gasteiger partial charge in [-0.15, -0.1) is 5.10 Å². The molecule has 4 rings (SSSR count). The van der Waals surface area contributed by atoms with Crippen molar-refractivity contribution in [1.82, 2.24) is 15.2 Å². The van der Waals surface area contributed by atoms with Crippen LogP contribution in [-0.2, 0) is 11.3 Å². The van der Waals surface area contributed by atoms with Crippen LogP contribution in [0.1, 0.15) is 17.0 Å². The van der Waals surface area contributed by atoms with E-state index in [0.717, 1.165) is 33.5 Å². The number of thioether (sulfide) groups is 1. The molecule has 0 saturated heterocycles. The van der Waals surface area contributed by atoms with Crippen LogP contribution >= 0.6 is 11.8 Å². The summed E-state index contributed by atoms with van der Waals surface area (Å²) in [4.78, 5) is 17.0. The molecule has 1 heterocycles. The molecule has 1 aromatic heterocycles. The molecule has 6 nitrogen and oxygen atoms in total. The average molecular weight is 418 g/mol. The fourth-order valence-electron chi connectivity index (χ4n) is 3.13. The molecular weight excluding hydrogens is 394 g/mol. The summed E-state index contributed by atoms with van der Waals surface area (Å²) in [7, 11) is 0. The summed E-state index contributed by atoms with van der Waals surface area (Å²) in [5, 5.41) is 16.2. The normalized spacial score (nSPS) is 10.9. The van der Waals surface area contributed by atoms with Gasteiger partial charge < -0.3 is 10.6 Å². The zero-order valence-corrected chi connectivity index (χ0v) is 17.7. The van der Waals surface area contributed by atoms with Crippen molar-refractivity contribution in [3.63, 3.8) is 0 Å². The number of carbonyl (C=O) groups is 1. The zero-order valence-electron chi connectivity index (χ0n) is 16.9. The molecule has 0 saturated carbocycles. The van der Waals surface area contributed by atoms with Crippen LogP contribution < -0.4 is 10.6 Å². The number of hydrogen-bond acceptors (Lipinski definition) is 5. The summed E-state index contributed by atoms with van der Waals surface area (Å²) in [6, 6.07) is 20.3. The number of nitrogens with one attached hydrogen (secondary N) is 3. The highest BCUT2D eigenvalue weighted by Crippen LogP contribution is 2.27. The number of rotatable bonds is 7. The van der Waals surface area contributed by atoms with E-state index in [0.29, 0.717) is 11.7 Å². The first-order chi connectivity index (χ1) is 14.6. The number of H-pyrrole nitrogens is 1. The van der Waals surface area contributed by atoms with Crippen molar-refractivity contribution in [1.29, 1.82) is 0 Å². The number of aromatic nitrogens is 3. The summed E-state index contributed by atoms with van der Waals surface area (Å²) in [6.45, 7) is 4.59. The molecule has 4 aromatic rings. The first kappa shape index (κ1) is 20.0. The highest BCUT2D eigenvalue weighted by atomic mass is 32.2. The SMILES string of the molecule is Cc1ccc(NCc2nc(SCC(=O)Nc3c(C)ccc4ccccc34)n[nH]2)cc1. The van der Waals surface area contributed by atoms with Gasteiger partial charge in [0.1, 0.15) is 5.82 Å². The smallest absolute Gasteiger partial charge is 0.234 e. The fourth-order valence-corrected chi connectivity index (χ4v) is 3.75. The lowest BCUT2D eigenvalue weighted by molar-refractivity contribution is -0.113. The average Bonchev–Trinajstić information content (AvgIpc) is 3.22. The van der Waals surface area contributed by atoms with E-state index in [-0.39, 0.29) is 11.7 Å². The van der Waals surface area contributed by atoms with E-state index in [1.54, 1.807) is 0 Å². The van der Waals surface area contributed by atoms with Crippen molar-refractivity contribution >= 4 is 39.8 Å². The number of anilines is 2. The minimum atomic E-state index is -0.0800. The van der Waals surface area contributed by atoms with Gasteiger partial charge in [-0.1, -0.05) is 65.9 Å². The van der Waals surface area contributed by atoms with E-state index < -0.39 is 0 Å². The van der Waals surface area contributed by atoms with Crippen LogP contribution in [0, 0.1) is 13.8 Å². The van der Waals surface area contributed by atoms with Crippen molar-refractivity contribution < 1.29 is 4.79 Å². The summed E-state index contributed by atoms with van der Waals surface area (Å²) >= 11 is 1.31. The van der Waals surface area contributed by atoms with Gasteiger partial charge in [0.15, 0.2) is 0 Å². The minimum absolute atomic E-state index is 0.0800. The van der Waals surface area contributed by atoms with Crippen molar-refractivity contribution in [2.45, 2.75) is 25.5 Å². The predicted octanol–water partition coefficient (Wildman–Crippen LogP) is 4.92. The number of carbonyl (C=O) groups excluding carboxylic acids is 1. The van der Waals surface area contributed by atoms with E-state index >= 15 is 0 Å². The van der Waals surface area contributed by atoms with Gasteiger partial charge in [0, 0.05) is 11.1 Å². The van der Waals surface area contributed by atoms with Gasteiger partial charge >= 0.3 is 0 Å². The molecule has 0 atom stereocenters. The van der Waals surface area contributed by atoms with Gasteiger partial charge in [0.25, 0.3) is 0 Å². The third-order valence-corrected chi connectivity index (χ3v) is 5.60. The Morgan fingerprint density at radius 2 is 1.83 bits per heavy atom. The Labute approximate surface area is 179 Å². The Kier molecular flexibility index (Phi) is 5.99. The highest BCUT2D eigenvalue weighted by molar-refractivity contribution is 7.99. The molecule has 0 aliphatic carbocycles. The van der Waals surface area contributed by atoms with Crippen molar-refractivity contribution in [3.05, 3.63) is 77.6 Å². The second-order valence-corrected chi connectivity index (χ2v) is 8.04. The molecule has 0 spiro atoms. The summed E-state index contributed by atoms with van der Waals surface area (Å²) < 4.78 is 0. The van der Waals surface area contributed by atoms with Gasteiger partial charge in [-0.2, -0.15) is 0 Å². The topological polar surface area (TPSA) is 82.7 Å². The number of aryl methyl sites for hydroxylation is 2. The number of amides is 1. The van der Waals surface area contributed by atoms with Crippen molar-refractivity contribution in [2.24, 2.45) is 0 Å². The van der Waals surface area contributed by atoms with Crippen LogP contribution in [0.3, 0.4) is 0 Å². The molecule has 30 heavy (non-hydrogen) atoms. The Bertz CT molecular complexity index is 1170. The molecule has 0 bridgehead atoms. The standard InChI is InChI=1S/C23H23N5OS/c1-15-7-11-18(12-8-15)24-13-20-25-23(28-27-20)30-14-21(29)26-22-16(2)9-10-17-5-3-4-6-19(17)22/h3-12,24H,13-14H2,1-2H3,(H,26,29)(H,25,27,28). The zero-order chi connectivity index (χ0) is 20.9. The first-order valence-electron chi connectivity index (χ1n) is 9.71. The number of nitrogens with zero attached hydrogens (tertiary/aromatic N) is 2. The van der Waals surface area contributed by atoms with Gasteiger partial charge in [0.05, 0.1) is 18.0 Å². The molecular formula is C23H23N5OS. The summed E-state index contributed by atoms with van der Waals surface area (Å²) in [5.41, 5.74) is 4.14. The van der Waals surface area contributed by atoms with Crippen LogP contribution in [0.25, 0.3) is 10.8 Å². The first-order valence-corrected chi connectivity index (χ1v) is 10.7. The number of fused-ring (bicyclic) bond motifs is 1. The molecule has 0 unspecified atom stereocenters. The van der Waals surface area contributed by atoms with Crippen LogP contribution in [-0.4, -0.2) is 26.8 Å². The van der Waals surface area contributed by atoms with E-state index in [1.807, 2.05) is 49.4 Å². The Balaban J connectivity index is 1.33. The maximum atomic E-state index is 12.5. The maximum absolute atomic E-state index is 12.5. The molecule has 0 fully saturated rings. The molecule has 152 valence electrons. The highest BCUT2D eigenvalue weighted by Gasteiger charge is 2.11. The van der Waals surface area contributed by atoms with Crippen LogP contribution in [0.15, 0.2) is 65.8 Å². The largest absolute Gasteiger partial charge is 0.378 e. The molecule has 0 aliphatic rings. The van der Waals surface area contributed by atoms with Gasteiger partial charge in [-0.3, -0.25) is 9.89 Å². The Morgan fingerprint density at radius 3 is 2.67 bits per heavy atom. The lowest BCUT2D eigenvalue weighted by Crippen LogP contribution is -2.15. The van der Waals surface area contributed by atoms with E-state index in [2.05, 4.69) is 50.9 Å². The molecule has 0 radical (unpaired) electrons. The predicted molar refractivity (Wildman–Crippen MR) is 123 cm³/mol. The van der Waals surface area contributed by atoms with E-state index in [9.17, 15) is 4.79 Å². The van der Waals surface area contributed by atoms with E-state index in [1.165, 1.54) is 17.3 Å². The van der Waals surface area contributed by atoms with E-state index in [4.69, 9.17) is 0 Å². The number of aromatic amines is 1. The Hall–Kier alpha value is -3.32. The molecule has 1 amide bonds. The molecule has 3 aromatic carbocycles. The summed E-state index contributed by atoms with van der Waals surface area (Å²) in [6.07, 6.45) is 0. The van der Waals surface area contributed by atoms with Gasteiger partial charge in [-0.25, -0.2) is 4.98 Å². The van der Waals surface area contributed by atoms with Gasteiger partial charge in [0.2, 0.25) is 11.1 Å². The monoisotopic (exact) mass is 417 g/mol. The second kappa shape index (κ2) is 9.00. The van der Waals surface area contributed by atoms with Crippen molar-refractivity contribution in [2.75, 3.05) is 16.4 Å². The summed E-state index contributed by atoms with van der Waals surface area (Å²) in [5.74, 6) is 0.887. The number of hydrogen-bond donors (Lipinski definition) is 3. The minimum Gasteiger partial charge on any atom is -0.378 e. The molecule has 0 aliphatic heterocycles. The lowest BCUT2D eigenvalue weighted by Gasteiger charge is -2.11. The molecule has 3 N–H and O–H groups in total. The van der Waals surface area contributed by atoms with Crippen LogP contribution in [0.4, 0.5) is 11.4 Å². The van der Waals surface area contributed by atoms with Gasteiger partial charge in [-0.05, 0) is 36.9 Å². The Morgan fingerprint density at radius 1 is 1.03 bits per heavy atom. The maximum Gasteiger partial charge on any atom is 0.234 e. The second-order valence-electron chi connectivity index (χ2n) is 7.10. The lowest BCUT2D eigenvalue weighted by atomic mass is 10.0. The molecule has 7 heteroatoms.